The molecule has 0 atom stereocenters. The minimum Gasteiger partial charge on any atom is -0.634 e. The third kappa shape index (κ3) is 41.9. The molecule has 0 saturated carbocycles. The average molecular weight is 650 g/mol. The second-order valence-electron chi connectivity index (χ2n) is 15.5. The topological polar surface area (TPSA) is 27.5 Å². The van der Waals surface area contributed by atoms with E-state index < -0.39 is 0 Å². The lowest BCUT2D eigenvalue weighted by atomic mass is 10.0. The Balaban J connectivity index is 3.13. The van der Waals surface area contributed by atoms with Crippen LogP contribution in [0.3, 0.4) is 0 Å². The van der Waals surface area contributed by atoms with Gasteiger partial charge in [-0.2, -0.15) is 0 Å². The van der Waals surface area contributed by atoms with Crippen LogP contribution in [0.4, 0.5) is 0 Å². The molecule has 46 heavy (non-hydrogen) atoms. The lowest BCUT2D eigenvalue weighted by molar-refractivity contribution is -0.848. The van der Waals surface area contributed by atoms with Crippen molar-refractivity contribution in [2.45, 2.75) is 271 Å². The van der Waals surface area contributed by atoms with Gasteiger partial charge in [-0.3, -0.25) is 0 Å². The van der Waals surface area contributed by atoms with Crippen molar-refractivity contribution in [3.8, 4) is 0 Å². The van der Waals surface area contributed by atoms with Gasteiger partial charge < -0.3 is 10.3 Å². The molecule has 0 unspecified atom stereocenters. The van der Waals surface area contributed by atoms with E-state index in [4.69, 9.17) is 0 Å². The van der Waals surface area contributed by atoms with Crippen molar-refractivity contribution in [3.05, 3.63) is 5.21 Å². The Hall–Kier alpha value is -0.0800. The van der Waals surface area contributed by atoms with E-state index in [9.17, 15) is 5.21 Å². The number of nitrogens with one attached hydrogen (secondary N) is 1. The smallest absolute Gasteiger partial charge is 0.0768 e. The number of hydrogen-bond acceptors (Lipinski definition) is 1. The van der Waals surface area contributed by atoms with Crippen molar-refractivity contribution in [3.63, 3.8) is 0 Å². The lowest BCUT2D eigenvalue weighted by Gasteiger charge is -2.22. The molecule has 2 heteroatoms. The van der Waals surface area contributed by atoms with Crippen molar-refractivity contribution in [2.24, 2.45) is 0 Å². The molecular weight excluding hydrogens is 558 g/mol. The van der Waals surface area contributed by atoms with E-state index in [1.54, 1.807) is 0 Å². The summed E-state index contributed by atoms with van der Waals surface area (Å²) in [6.07, 6.45) is 56.6. The molecule has 0 bridgehead atoms. The summed E-state index contributed by atoms with van der Waals surface area (Å²) in [6.45, 7) is 6.30. The van der Waals surface area contributed by atoms with E-state index in [0.29, 0.717) is 5.06 Å². The molecule has 1 N–H and O–H groups in total. The molecule has 0 aliphatic heterocycles. The number of quaternary nitrogens is 1. The highest BCUT2D eigenvalue weighted by Gasteiger charge is 2.00. The van der Waals surface area contributed by atoms with Crippen molar-refractivity contribution < 1.29 is 5.06 Å². The summed E-state index contributed by atoms with van der Waals surface area (Å²) in [6, 6.07) is 0. The molecule has 0 spiro atoms. The summed E-state index contributed by atoms with van der Waals surface area (Å²) in [5, 5.41) is 12.8. The lowest BCUT2D eigenvalue weighted by Crippen LogP contribution is -3.07. The van der Waals surface area contributed by atoms with Crippen molar-refractivity contribution in [2.75, 3.05) is 13.1 Å². The molecule has 0 fully saturated rings. The van der Waals surface area contributed by atoms with Gasteiger partial charge in [-0.25, -0.2) is 0 Å². The second-order valence-corrected chi connectivity index (χ2v) is 15.5. The standard InChI is InChI=1S/C44H91NO/c1-3-5-7-9-11-13-15-17-19-21-23-25-27-29-31-33-35-37-39-41-43-45(46)44-42-40-38-36-34-32-30-28-26-24-22-20-18-16-14-12-10-8-6-4-2/h45H,3-44H2,1-2H3. The zero-order valence-electron chi connectivity index (χ0n) is 32.6. The Kier molecular flexibility index (Phi) is 42.9. The van der Waals surface area contributed by atoms with Gasteiger partial charge in [0.2, 0.25) is 0 Å². The first-order valence-corrected chi connectivity index (χ1v) is 22.3. The molecule has 0 heterocycles. The predicted octanol–water partition coefficient (Wildman–Crippen LogP) is 15.0. The maximum atomic E-state index is 12.2. The number of hydrogen-bond donors (Lipinski definition) is 1. The first-order chi connectivity index (χ1) is 22.8. The van der Waals surface area contributed by atoms with Crippen LogP contribution >= 0.6 is 0 Å². The number of rotatable bonds is 42. The fraction of sp³-hybridized carbons (Fsp3) is 1.00. The molecule has 0 aromatic rings. The third-order valence-corrected chi connectivity index (χ3v) is 10.6. The van der Waals surface area contributed by atoms with E-state index in [2.05, 4.69) is 13.8 Å². The van der Waals surface area contributed by atoms with Crippen LogP contribution in [0.15, 0.2) is 0 Å². The van der Waals surface area contributed by atoms with Gasteiger partial charge in [0.25, 0.3) is 0 Å². The van der Waals surface area contributed by atoms with Crippen LogP contribution < -0.4 is 5.06 Å². The fourth-order valence-corrected chi connectivity index (χ4v) is 7.28. The van der Waals surface area contributed by atoms with Gasteiger partial charge >= 0.3 is 0 Å². The predicted molar refractivity (Wildman–Crippen MR) is 210 cm³/mol. The average Bonchev–Trinajstić information content (AvgIpc) is 3.06. The van der Waals surface area contributed by atoms with Gasteiger partial charge in [-0.1, -0.05) is 245 Å². The Bertz CT molecular complexity index is 464. The number of hydroxylamine groups is 2. The van der Waals surface area contributed by atoms with Crippen LogP contribution in [0.1, 0.15) is 271 Å². The SMILES string of the molecule is CCCCCCCCCCCCCCCCCCCCCC[NH+]([O-])CCCCCCCCCCCCCCCCCCCCCC. The summed E-state index contributed by atoms with van der Waals surface area (Å²) >= 11 is 0. The molecule has 278 valence electrons. The first-order valence-electron chi connectivity index (χ1n) is 22.3. The summed E-state index contributed by atoms with van der Waals surface area (Å²) in [5.74, 6) is 0. The van der Waals surface area contributed by atoms with Crippen LogP contribution in [-0.2, 0) is 0 Å². The van der Waals surface area contributed by atoms with Gasteiger partial charge in [0.15, 0.2) is 0 Å². The molecule has 0 amide bonds. The molecule has 0 aliphatic rings. The van der Waals surface area contributed by atoms with E-state index in [1.165, 1.54) is 244 Å². The Morgan fingerprint density at radius 3 is 0.500 bits per heavy atom. The normalized spacial score (nSPS) is 11.7. The summed E-state index contributed by atoms with van der Waals surface area (Å²) in [4.78, 5) is 0. The molecular formula is C44H91NO. The maximum Gasteiger partial charge on any atom is 0.0768 e. The molecule has 0 rings (SSSR count). The van der Waals surface area contributed by atoms with E-state index in [-0.39, 0.29) is 0 Å². The molecule has 0 aromatic heterocycles. The molecule has 0 saturated heterocycles. The van der Waals surface area contributed by atoms with Crippen LogP contribution in [0.25, 0.3) is 0 Å². The molecule has 2 nitrogen and oxygen atoms in total. The van der Waals surface area contributed by atoms with Crippen molar-refractivity contribution in [1.82, 2.24) is 0 Å². The highest BCUT2D eigenvalue weighted by Crippen LogP contribution is 2.16. The first kappa shape index (κ1) is 45.9. The van der Waals surface area contributed by atoms with Gasteiger partial charge in [0.1, 0.15) is 0 Å². The Labute approximate surface area is 293 Å². The van der Waals surface area contributed by atoms with Crippen LogP contribution in [0, 0.1) is 5.21 Å². The molecule has 0 aromatic carbocycles. The van der Waals surface area contributed by atoms with Crippen LogP contribution in [-0.4, -0.2) is 13.1 Å². The van der Waals surface area contributed by atoms with Crippen molar-refractivity contribution >= 4 is 0 Å². The number of unbranched alkanes of at least 4 members (excludes halogenated alkanes) is 38. The monoisotopic (exact) mass is 650 g/mol. The van der Waals surface area contributed by atoms with E-state index in [1.807, 2.05) is 0 Å². The Morgan fingerprint density at radius 2 is 0.348 bits per heavy atom. The highest BCUT2D eigenvalue weighted by molar-refractivity contribution is 4.53. The third-order valence-electron chi connectivity index (χ3n) is 10.6. The van der Waals surface area contributed by atoms with E-state index >= 15 is 0 Å². The highest BCUT2D eigenvalue weighted by atomic mass is 16.5. The maximum absolute atomic E-state index is 12.2. The quantitative estimate of drug-likeness (QED) is 0.0517. The Morgan fingerprint density at radius 1 is 0.217 bits per heavy atom. The largest absolute Gasteiger partial charge is 0.634 e. The van der Waals surface area contributed by atoms with Crippen molar-refractivity contribution in [1.29, 1.82) is 0 Å². The van der Waals surface area contributed by atoms with Gasteiger partial charge in [-0.05, 0) is 25.7 Å². The van der Waals surface area contributed by atoms with Gasteiger partial charge in [0, 0.05) is 0 Å². The summed E-state index contributed by atoms with van der Waals surface area (Å²) in [5.41, 5.74) is 0. The zero-order chi connectivity index (χ0) is 33.3. The van der Waals surface area contributed by atoms with Crippen LogP contribution in [0.5, 0.6) is 0 Å². The summed E-state index contributed by atoms with van der Waals surface area (Å²) < 4.78 is 0. The molecule has 0 aliphatic carbocycles. The van der Waals surface area contributed by atoms with E-state index in [0.717, 1.165) is 25.9 Å². The summed E-state index contributed by atoms with van der Waals surface area (Å²) in [7, 11) is 0. The minimum absolute atomic E-state index is 0.532. The minimum atomic E-state index is 0.532. The van der Waals surface area contributed by atoms with Gasteiger partial charge in [-0.15, -0.1) is 0 Å². The second kappa shape index (κ2) is 42.9. The molecule has 0 radical (unpaired) electrons. The zero-order valence-corrected chi connectivity index (χ0v) is 32.6. The fourth-order valence-electron chi connectivity index (χ4n) is 7.28. The van der Waals surface area contributed by atoms with Crippen LogP contribution in [0.2, 0.25) is 0 Å². The van der Waals surface area contributed by atoms with Gasteiger partial charge in [0.05, 0.1) is 13.1 Å².